The summed E-state index contributed by atoms with van der Waals surface area (Å²) < 4.78 is 3.64. The molecular formula is C14H11BrOS. The van der Waals surface area contributed by atoms with E-state index < -0.39 is 0 Å². The van der Waals surface area contributed by atoms with Gasteiger partial charge < -0.3 is 5.11 Å². The summed E-state index contributed by atoms with van der Waals surface area (Å²) in [5, 5.41) is 12.0. The van der Waals surface area contributed by atoms with Crippen molar-refractivity contribution in [3.8, 4) is 5.75 Å². The van der Waals surface area contributed by atoms with Crippen LogP contribution in [0.3, 0.4) is 0 Å². The third-order valence-electron chi connectivity index (χ3n) is 3.02. The molecule has 1 heterocycles. The molecule has 86 valence electrons. The molecule has 0 saturated heterocycles. The normalized spacial score (nSPS) is 11.4. The van der Waals surface area contributed by atoms with E-state index in [2.05, 4.69) is 35.0 Å². The van der Waals surface area contributed by atoms with Gasteiger partial charge in [-0.1, -0.05) is 28.9 Å². The molecule has 0 aliphatic rings. The Balaban J connectivity index is 2.50. The minimum absolute atomic E-state index is 0.334. The number of hydrogen-bond donors (Lipinski definition) is 1. The van der Waals surface area contributed by atoms with Crippen molar-refractivity contribution in [2.45, 2.75) is 13.3 Å². The average molecular weight is 307 g/mol. The van der Waals surface area contributed by atoms with E-state index in [1.807, 2.05) is 12.1 Å². The monoisotopic (exact) mass is 306 g/mol. The summed E-state index contributed by atoms with van der Waals surface area (Å²) in [6, 6.07) is 9.85. The second-order valence-electron chi connectivity index (χ2n) is 4.04. The van der Waals surface area contributed by atoms with Gasteiger partial charge in [0.1, 0.15) is 5.75 Å². The first-order valence-electron chi connectivity index (χ1n) is 5.53. The molecule has 0 aliphatic heterocycles. The third kappa shape index (κ3) is 1.65. The molecule has 3 rings (SSSR count). The molecule has 0 amide bonds. The Morgan fingerprint density at radius 2 is 1.94 bits per heavy atom. The topological polar surface area (TPSA) is 20.2 Å². The molecule has 3 heteroatoms. The Morgan fingerprint density at radius 1 is 1.18 bits per heavy atom. The molecule has 0 bridgehead atoms. The van der Waals surface area contributed by atoms with Gasteiger partial charge in [-0.15, -0.1) is 11.3 Å². The fourth-order valence-electron chi connectivity index (χ4n) is 2.19. The van der Waals surface area contributed by atoms with Crippen LogP contribution in [0.1, 0.15) is 12.5 Å². The molecule has 0 radical (unpaired) electrons. The molecular weight excluding hydrogens is 296 g/mol. The summed E-state index contributed by atoms with van der Waals surface area (Å²) in [7, 11) is 0. The van der Waals surface area contributed by atoms with Gasteiger partial charge in [0, 0.05) is 24.6 Å². The second-order valence-corrected chi connectivity index (χ2v) is 5.95. The molecule has 2 aromatic carbocycles. The molecule has 1 nitrogen and oxygen atoms in total. The number of hydrogen-bond acceptors (Lipinski definition) is 2. The van der Waals surface area contributed by atoms with Gasteiger partial charge in [-0.2, -0.15) is 0 Å². The minimum atomic E-state index is 0.334. The highest BCUT2D eigenvalue weighted by Gasteiger charge is 2.10. The van der Waals surface area contributed by atoms with Crippen LogP contribution < -0.4 is 0 Å². The molecule has 0 saturated carbocycles. The predicted octanol–water partition coefficient (Wildman–Crippen LogP) is 5.09. The fourth-order valence-corrected chi connectivity index (χ4v) is 4.28. The number of benzene rings is 2. The van der Waals surface area contributed by atoms with E-state index in [1.165, 1.54) is 25.5 Å². The van der Waals surface area contributed by atoms with Gasteiger partial charge >= 0.3 is 0 Å². The van der Waals surface area contributed by atoms with Crippen molar-refractivity contribution in [3.05, 3.63) is 40.4 Å². The Labute approximate surface area is 112 Å². The van der Waals surface area contributed by atoms with Crippen LogP contribution in [0.15, 0.2) is 34.8 Å². The number of phenolic OH excluding ortho intramolecular Hbond substituents is 1. The molecule has 0 spiro atoms. The lowest BCUT2D eigenvalue weighted by Crippen LogP contribution is -1.81. The van der Waals surface area contributed by atoms with Crippen LogP contribution in [-0.4, -0.2) is 5.11 Å². The second kappa shape index (κ2) is 4.00. The standard InChI is InChI=1S/C14H11BrOS/c1-2-9-12(15)6-5-11-10-4-3-8(16)7-13(10)17-14(9)11/h3-7,16H,2H2,1H3. The van der Waals surface area contributed by atoms with E-state index in [4.69, 9.17) is 0 Å². The van der Waals surface area contributed by atoms with E-state index in [-0.39, 0.29) is 0 Å². The quantitative estimate of drug-likeness (QED) is 0.664. The van der Waals surface area contributed by atoms with Crippen LogP contribution in [0.25, 0.3) is 20.2 Å². The van der Waals surface area contributed by atoms with Crippen LogP contribution in [0.2, 0.25) is 0 Å². The van der Waals surface area contributed by atoms with Crippen LogP contribution in [-0.2, 0) is 6.42 Å². The number of halogens is 1. The summed E-state index contributed by atoms with van der Waals surface area (Å²) in [6.45, 7) is 2.17. The van der Waals surface area contributed by atoms with E-state index in [0.29, 0.717) is 5.75 Å². The van der Waals surface area contributed by atoms with Gasteiger partial charge in [-0.3, -0.25) is 0 Å². The summed E-state index contributed by atoms with van der Waals surface area (Å²) in [6.07, 6.45) is 1.01. The van der Waals surface area contributed by atoms with Gasteiger partial charge in [0.05, 0.1) is 0 Å². The smallest absolute Gasteiger partial charge is 0.117 e. The van der Waals surface area contributed by atoms with Gasteiger partial charge in [0.2, 0.25) is 0 Å². The van der Waals surface area contributed by atoms with Crippen molar-refractivity contribution in [2.24, 2.45) is 0 Å². The van der Waals surface area contributed by atoms with Crippen molar-refractivity contribution in [1.82, 2.24) is 0 Å². The lowest BCUT2D eigenvalue weighted by molar-refractivity contribution is 0.476. The van der Waals surface area contributed by atoms with Crippen LogP contribution in [0.4, 0.5) is 0 Å². The summed E-state index contributed by atoms with van der Waals surface area (Å²) >= 11 is 5.36. The fraction of sp³-hybridized carbons (Fsp3) is 0.143. The molecule has 0 atom stereocenters. The largest absolute Gasteiger partial charge is 0.508 e. The highest BCUT2D eigenvalue weighted by molar-refractivity contribution is 9.10. The summed E-state index contributed by atoms with van der Waals surface area (Å²) in [4.78, 5) is 0. The van der Waals surface area contributed by atoms with E-state index >= 15 is 0 Å². The summed E-state index contributed by atoms with van der Waals surface area (Å²) in [5.74, 6) is 0.334. The predicted molar refractivity (Wildman–Crippen MR) is 78.1 cm³/mol. The lowest BCUT2D eigenvalue weighted by atomic mass is 10.1. The molecule has 3 aromatic rings. The maximum Gasteiger partial charge on any atom is 0.117 e. The van der Waals surface area contributed by atoms with Crippen molar-refractivity contribution < 1.29 is 5.11 Å². The van der Waals surface area contributed by atoms with Crippen LogP contribution in [0, 0.1) is 0 Å². The van der Waals surface area contributed by atoms with Gasteiger partial charge in [-0.05, 0) is 36.2 Å². The number of rotatable bonds is 1. The molecule has 1 aromatic heterocycles. The zero-order valence-corrected chi connectivity index (χ0v) is 11.7. The first kappa shape index (κ1) is 11.1. The highest BCUT2D eigenvalue weighted by atomic mass is 79.9. The third-order valence-corrected chi connectivity index (χ3v) is 5.00. The number of fused-ring (bicyclic) bond motifs is 3. The van der Waals surface area contributed by atoms with Crippen molar-refractivity contribution >= 4 is 47.4 Å². The van der Waals surface area contributed by atoms with E-state index in [9.17, 15) is 5.11 Å². The summed E-state index contributed by atoms with van der Waals surface area (Å²) in [5.41, 5.74) is 1.35. The number of phenols is 1. The average Bonchev–Trinajstić information content (AvgIpc) is 2.66. The maximum atomic E-state index is 9.53. The maximum absolute atomic E-state index is 9.53. The number of aryl methyl sites for hydroxylation is 1. The van der Waals surface area contributed by atoms with Gasteiger partial charge in [0.25, 0.3) is 0 Å². The van der Waals surface area contributed by atoms with E-state index in [0.717, 1.165) is 11.1 Å². The Hall–Kier alpha value is -1.06. The first-order chi connectivity index (χ1) is 8.20. The number of aromatic hydroxyl groups is 1. The minimum Gasteiger partial charge on any atom is -0.508 e. The lowest BCUT2D eigenvalue weighted by Gasteiger charge is -2.02. The molecule has 17 heavy (non-hydrogen) atoms. The van der Waals surface area contributed by atoms with Crippen molar-refractivity contribution in [2.75, 3.05) is 0 Å². The highest BCUT2D eigenvalue weighted by Crippen LogP contribution is 2.39. The molecule has 0 aliphatic carbocycles. The first-order valence-corrected chi connectivity index (χ1v) is 7.14. The van der Waals surface area contributed by atoms with Gasteiger partial charge in [-0.25, -0.2) is 0 Å². The van der Waals surface area contributed by atoms with Crippen molar-refractivity contribution in [3.63, 3.8) is 0 Å². The zero-order chi connectivity index (χ0) is 12.0. The van der Waals surface area contributed by atoms with Crippen LogP contribution in [0.5, 0.6) is 5.75 Å². The van der Waals surface area contributed by atoms with Gasteiger partial charge in [0.15, 0.2) is 0 Å². The molecule has 0 unspecified atom stereocenters. The zero-order valence-electron chi connectivity index (χ0n) is 9.33. The van der Waals surface area contributed by atoms with Crippen molar-refractivity contribution in [1.29, 1.82) is 0 Å². The SMILES string of the molecule is CCc1c(Br)ccc2c1sc1cc(O)ccc12. The Morgan fingerprint density at radius 3 is 2.71 bits per heavy atom. The molecule has 0 fully saturated rings. The number of thiophene rings is 1. The Kier molecular flexibility index (Phi) is 2.60. The Bertz CT molecular complexity index is 715. The van der Waals surface area contributed by atoms with Crippen LogP contribution >= 0.6 is 27.3 Å². The van der Waals surface area contributed by atoms with E-state index in [1.54, 1.807) is 17.4 Å². The molecule has 1 N–H and O–H groups in total.